The lowest BCUT2D eigenvalue weighted by Crippen LogP contribution is -2.59. The zero-order valence-corrected chi connectivity index (χ0v) is 20.9. The molecule has 1 aromatic carbocycles. The number of aliphatic hydroxyl groups is 1. The highest BCUT2D eigenvalue weighted by Crippen LogP contribution is 2.65. The normalized spacial score (nSPS) is 34.2. The highest BCUT2D eigenvalue weighted by molar-refractivity contribution is 5.98. The summed E-state index contributed by atoms with van der Waals surface area (Å²) in [7, 11) is 0. The number of fused-ring (bicyclic) bond motifs is 1. The summed E-state index contributed by atoms with van der Waals surface area (Å²) < 4.78 is 6.55. The minimum Gasteiger partial charge on any atom is -0.481 e. The van der Waals surface area contributed by atoms with Gasteiger partial charge in [0.2, 0.25) is 11.8 Å². The van der Waals surface area contributed by atoms with Crippen molar-refractivity contribution in [3.05, 3.63) is 48.6 Å². The molecule has 0 aliphatic carbocycles. The number of benzene rings is 1. The van der Waals surface area contributed by atoms with Crippen molar-refractivity contribution < 1.29 is 29.3 Å². The molecule has 8 nitrogen and oxygen atoms in total. The quantitative estimate of drug-likeness (QED) is 0.521. The number of amides is 2. The van der Waals surface area contributed by atoms with Crippen molar-refractivity contribution in [3.8, 4) is 0 Å². The zero-order chi connectivity index (χ0) is 25.7. The van der Waals surface area contributed by atoms with Gasteiger partial charge in [0.25, 0.3) is 0 Å². The van der Waals surface area contributed by atoms with Gasteiger partial charge in [0.1, 0.15) is 17.6 Å². The molecule has 3 aliphatic rings. The minimum atomic E-state index is -1.26. The van der Waals surface area contributed by atoms with Crippen molar-refractivity contribution in [1.29, 1.82) is 0 Å². The molecule has 3 fully saturated rings. The van der Waals surface area contributed by atoms with Crippen LogP contribution < -0.4 is 0 Å². The van der Waals surface area contributed by atoms with E-state index in [1.807, 2.05) is 51.1 Å². The van der Waals surface area contributed by atoms with Gasteiger partial charge in [-0.2, -0.15) is 0 Å². The van der Waals surface area contributed by atoms with Crippen LogP contribution in [-0.2, 0) is 25.7 Å². The molecule has 3 aliphatic heterocycles. The Labute approximate surface area is 206 Å². The van der Waals surface area contributed by atoms with Crippen LogP contribution in [0.3, 0.4) is 0 Å². The summed E-state index contributed by atoms with van der Waals surface area (Å²) in [4.78, 5) is 43.8. The first-order chi connectivity index (χ1) is 16.5. The van der Waals surface area contributed by atoms with Crippen LogP contribution in [0.1, 0.15) is 39.7 Å². The number of carbonyl (C=O) groups excluding carboxylic acids is 2. The topological polar surface area (TPSA) is 107 Å². The molecule has 35 heavy (non-hydrogen) atoms. The average molecular weight is 485 g/mol. The van der Waals surface area contributed by atoms with Gasteiger partial charge < -0.3 is 24.7 Å². The first kappa shape index (κ1) is 25.4. The van der Waals surface area contributed by atoms with Crippen LogP contribution in [0.15, 0.2) is 43.0 Å². The van der Waals surface area contributed by atoms with E-state index >= 15 is 0 Å². The molecule has 2 amide bonds. The van der Waals surface area contributed by atoms with E-state index in [9.17, 15) is 24.6 Å². The van der Waals surface area contributed by atoms with E-state index in [-0.39, 0.29) is 30.9 Å². The lowest BCUT2D eigenvalue weighted by molar-refractivity contribution is -0.161. The van der Waals surface area contributed by atoms with Gasteiger partial charge in [0.15, 0.2) is 0 Å². The average Bonchev–Trinajstić information content (AvgIpc) is 3.31. The third-order valence-electron chi connectivity index (χ3n) is 8.44. The Kier molecular flexibility index (Phi) is 6.57. The number of aliphatic hydroxyl groups excluding tert-OH is 1. The first-order valence-electron chi connectivity index (χ1n) is 12.3. The number of hydrogen-bond donors (Lipinski definition) is 2. The molecule has 3 unspecified atom stereocenters. The maximum atomic E-state index is 14.3. The van der Waals surface area contributed by atoms with E-state index in [0.717, 1.165) is 5.56 Å². The van der Waals surface area contributed by atoms with Crippen molar-refractivity contribution >= 4 is 17.8 Å². The fourth-order valence-electron chi connectivity index (χ4n) is 6.67. The number of carboxylic acid groups (broad SMARTS) is 1. The van der Waals surface area contributed by atoms with E-state index in [1.54, 1.807) is 17.9 Å². The van der Waals surface area contributed by atoms with Crippen molar-refractivity contribution in [2.75, 3.05) is 13.2 Å². The van der Waals surface area contributed by atoms with Gasteiger partial charge in [0.05, 0.1) is 24.2 Å². The number of hydrogen-bond acceptors (Lipinski definition) is 5. The SMILES string of the molecule is C=CCN(Cc1ccccc1)C(=O)C1N([C@@H](CO)C(C)C)C(=O)[C@@H]2[C@H](C(=O)O)[C@@]3(C)OC12CC3C. The summed E-state index contributed by atoms with van der Waals surface area (Å²) in [6.07, 6.45) is 2.04. The number of carbonyl (C=O) groups is 3. The van der Waals surface area contributed by atoms with E-state index in [1.165, 1.54) is 4.90 Å². The van der Waals surface area contributed by atoms with Crippen LogP contribution in [0.5, 0.6) is 0 Å². The molecule has 2 bridgehead atoms. The molecule has 8 heteroatoms. The molecule has 0 saturated carbocycles. The maximum Gasteiger partial charge on any atom is 0.310 e. The molecule has 3 heterocycles. The number of aliphatic carboxylic acids is 1. The van der Waals surface area contributed by atoms with Crippen molar-refractivity contribution in [2.45, 2.75) is 63.9 Å². The lowest BCUT2D eigenvalue weighted by Gasteiger charge is -2.40. The monoisotopic (exact) mass is 484 g/mol. The third-order valence-corrected chi connectivity index (χ3v) is 8.44. The summed E-state index contributed by atoms with van der Waals surface area (Å²) in [5, 5.41) is 20.4. The fourth-order valence-corrected chi connectivity index (χ4v) is 6.67. The lowest BCUT2D eigenvalue weighted by atomic mass is 9.62. The molecule has 0 radical (unpaired) electrons. The van der Waals surface area contributed by atoms with Gasteiger partial charge in [-0.3, -0.25) is 14.4 Å². The summed E-state index contributed by atoms with van der Waals surface area (Å²) in [5.41, 5.74) is -1.38. The standard InChI is InChI=1S/C27H36N2O6/c1-6-12-28(14-18-10-8-7-9-11-18)24(32)22-27-13-17(4)26(5,35-27)21(25(33)34)20(27)23(31)29(22)19(15-30)16(2)3/h6-11,16-17,19-22,30H,1,12-15H2,2-5H3,(H,33,34)/t17?,19-,20-,21+,22?,26-,27?/m0/s1. The number of likely N-dealkylation sites (tertiary alicyclic amines) is 1. The van der Waals surface area contributed by atoms with Gasteiger partial charge in [-0.25, -0.2) is 0 Å². The van der Waals surface area contributed by atoms with Crippen molar-refractivity contribution in [3.63, 3.8) is 0 Å². The van der Waals surface area contributed by atoms with Gasteiger partial charge in [-0.1, -0.05) is 57.2 Å². The summed E-state index contributed by atoms with van der Waals surface area (Å²) in [6, 6.07) is 7.87. The second-order valence-electron chi connectivity index (χ2n) is 10.8. The predicted octanol–water partition coefficient (Wildman–Crippen LogP) is 2.31. The van der Waals surface area contributed by atoms with Crippen LogP contribution in [0, 0.1) is 23.7 Å². The summed E-state index contributed by atoms with van der Waals surface area (Å²) in [6.45, 7) is 11.5. The zero-order valence-electron chi connectivity index (χ0n) is 20.9. The van der Waals surface area contributed by atoms with Crippen LogP contribution >= 0.6 is 0 Å². The number of nitrogens with zero attached hydrogens (tertiary/aromatic N) is 2. The molecular weight excluding hydrogens is 448 g/mol. The second kappa shape index (κ2) is 9.06. The van der Waals surface area contributed by atoms with Crippen LogP contribution in [0.4, 0.5) is 0 Å². The maximum absolute atomic E-state index is 14.3. The summed E-state index contributed by atoms with van der Waals surface area (Å²) in [5.74, 6) is -4.17. The highest BCUT2D eigenvalue weighted by Gasteiger charge is 2.80. The molecule has 2 N–H and O–H groups in total. The molecule has 3 saturated heterocycles. The molecule has 0 aromatic heterocycles. The van der Waals surface area contributed by atoms with E-state index < -0.39 is 47.0 Å². The first-order valence-corrected chi connectivity index (χ1v) is 12.3. The Balaban J connectivity index is 1.84. The molecule has 1 spiro atoms. The van der Waals surface area contributed by atoms with E-state index in [4.69, 9.17) is 4.74 Å². The minimum absolute atomic E-state index is 0.148. The van der Waals surface area contributed by atoms with Crippen molar-refractivity contribution in [1.82, 2.24) is 9.80 Å². The Morgan fingerprint density at radius 2 is 1.97 bits per heavy atom. The second-order valence-corrected chi connectivity index (χ2v) is 10.8. The predicted molar refractivity (Wildman–Crippen MR) is 129 cm³/mol. The molecule has 1 aromatic rings. The Hall–Kier alpha value is -2.71. The number of carboxylic acids is 1. The van der Waals surface area contributed by atoms with Crippen LogP contribution in [-0.4, -0.2) is 74.2 Å². The summed E-state index contributed by atoms with van der Waals surface area (Å²) >= 11 is 0. The van der Waals surface area contributed by atoms with Crippen molar-refractivity contribution in [2.24, 2.45) is 23.7 Å². The largest absolute Gasteiger partial charge is 0.481 e. The smallest absolute Gasteiger partial charge is 0.310 e. The number of ether oxygens (including phenoxy) is 1. The third kappa shape index (κ3) is 3.69. The van der Waals surface area contributed by atoms with Gasteiger partial charge in [0, 0.05) is 13.1 Å². The van der Waals surface area contributed by atoms with Gasteiger partial charge in [-0.05, 0) is 30.7 Å². The molecule has 190 valence electrons. The van der Waals surface area contributed by atoms with Crippen LogP contribution in [0.2, 0.25) is 0 Å². The number of rotatable bonds is 9. The fraction of sp³-hybridized carbons (Fsp3) is 0.593. The van der Waals surface area contributed by atoms with Gasteiger partial charge >= 0.3 is 5.97 Å². The Bertz CT molecular complexity index is 1010. The van der Waals surface area contributed by atoms with Gasteiger partial charge in [-0.15, -0.1) is 6.58 Å². The molecular formula is C27H36N2O6. The van der Waals surface area contributed by atoms with E-state index in [0.29, 0.717) is 13.0 Å². The molecule has 7 atom stereocenters. The highest BCUT2D eigenvalue weighted by atomic mass is 16.5. The molecule has 4 rings (SSSR count). The van der Waals surface area contributed by atoms with E-state index in [2.05, 4.69) is 6.58 Å². The van der Waals surface area contributed by atoms with Crippen LogP contribution in [0.25, 0.3) is 0 Å². The Morgan fingerprint density at radius 1 is 1.31 bits per heavy atom. The Morgan fingerprint density at radius 3 is 2.51 bits per heavy atom.